The van der Waals surface area contributed by atoms with E-state index in [0.29, 0.717) is 5.82 Å². The number of hydrogen-bond acceptors (Lipinski definition) is 6. The predicted octanol–water partition coefficient (Wildman–Crippen LogP) is 1.55. The number of hydrogen-bond donors (Lipinski definition) is 2. The summed E-state index contributed by atoms with van der Waals surface area (Å²) in [6, 6.07) is 7.57. The van der Waals surface area contributed by atoms with Crippen LogP contribution < -0.4 is 11.1 Å². The summed E-state index contributed by atoms with van der Waals surface area (Å²) in [5.74, 6) is 1.84. The summed E-state index contributed by atoms with van der Waals surface area (Å²) in [6.45, 7) is 3.01. The van der Waals surface area contributed by atoms with Crippen LogP contribution >= 0.6 is 0 Å². The number of carbonyl (C=O) groups is 1. The molecule has 1 aliphatic rings. The third kappa shape index (κ3) is 3.81. The molecule has 3 N–H and O–H groups in total. The maximum atomic E-state index is 11.2. The highest BCUT2D eigenvalue weighted by Crippen LogP contribution is 2.30. The van der Waals surface area contributed by atoms with Crippen molar-refractivity contribution in [3.05, 3.63) is 42.0 Å². The van der Waals surface area contributed by atoms with Gasteiger partial charge in [0.25, 0.3) is 0 Å². The third-order valence-electron chi connectivity index (χ3n) is 3.81. The number of aryl methyl sites for hydroxylation is 1. The number of nitrogens with zero attached hydrogens (tertiary/aromatic N) is 4. The lowest BCUT2D eigenvalue weighted by Crippen LogP contribution is -2.34. The van der Waals surface area contributed by atoms with Crippen molar-refractivity contribution in [3.63, 3.8) is 0 Å². The van der Waals surface area contributed by atoms with Crippen molar-refractivity contribution in [2.45, 2.75) is 25.8 Å². The smallest absolute Gasteiger partial charge is 0.231 e. The number of primary amides is 1. The van der Waals surface area contributed by atoms with E-state index in [1.807, 2.05) is 36.1 Å². The molecule has 2 aromatic rings. The van der Waals surface area contributed by atoms with Gasteiger partial charge in [-0.2, -0.15) is 0 Å². The van der Waals surface area contributed by atoms with Crippen LogP contribution in [0.15, 0.2) is 30.5 Å². The lowest BCUT2D eigenvalue weighted by Gasteiger charge is -2.22. The largest absolute Gasteiger partial charge is 0.369 e. The van der Waals surface area contributed by atoms with Gasteiger partial charge in [0.1, 0.15) is 17.5 Å². The zero-order valence-corrected chi connectivity index (χ0v) is 13.1. The standard InChI is InChI=1S/C16H20N6O/c1-11-9-15(20-14-6-2-3-7-18-14)21-16(19-11)12-5-4-8-22(12)10-13(17)23/h2-3,6-7,9,12H,4-5,8,10H2,1H3,(H2,17,23)(H,18,19,20,21)/t12-/m0/s1. The molecule has 1 atom stereocenters. The van der Waals surface area contributed by atoms with Gasteiger partial charge in [-0.05, 0) is 38.4 Å². The molecule has 0 spiro atoms. The Morgan fingerprint density at radius 2 is 2.26 bits per heavy atom. The van der Waals surface area contributed by atoms with E-state index < -0.39 is 0 Å². The van der Waals surface area contributed by atoms with Gasteiger partial charge in [0.05, 0.1) is 12.6 Å². The van der Waals surface area contributed by atoms with Crippen LogP contribution in [-0.2, 0) is 4.79 Å². The maximum absolute atomic E-state index is 11.2. The molecule has 1 saturated heterocycles. The van der Waals surface area contributed by atoms with Crippen molar-refractivity contribution in [2.24, 2.45) is 5.73 Å². The molecule has 2 aromatic heterocycles. The van der Waals surface area contributed by atoms with Gasteiger partial charge in [0, 0.05) is 18.0 Å². The molecular weight excluding hydrogens is 292 g/mol. The summed E-state index contributed by atoms with van der Waals surface area (Å²) in [5, 5.41) is 3.19. The first kappa shape index (κ1) is 15.4. The summed E-state index contributed by atoms with van der Waals surface area (Å²) in [5.41, 5.74) is 6.21. The van der Waals surface area contributed by atoms with E-state index in [2.05, 4.69) is 20.3 Å². The molecule has 0 aromatic carbocycles. The van der Waals surface area contributed by atoms with Crippen LogP contribution in [0, 0.1) is 6.92 Å². The van der Waals surface area contributed by atoms with Crippen molar-refractivity contribution < 1.29 is 4.79 Å². The van der Waals surface area contributed by atoms with Gasteiger partial charge in [-0.1, -0.05) is 6.07 Å². The van der Waals surface area contributed by atoms with Gasteiger partial charge < -0.3 is 11.1 Å². The van der Waals surface area contributed by atoms with Crippen molar-refractivity contribution >= 4 is 17.5 Å². The monoisotopic (exact) mass is 312 g/mol. The number of aromatic nitrogens is 3. The number of carbonyl (C=O) groups excluding carboxylic acids is 1. The fourth-order valence-electron chi connectivity index (χ4n) is 2.88. The van der Waals surface area contributed by atoms with E-state index in [4.69, 9.17) is 5.73 Å². The molecule has 0 bridgehead atoms. The molecule has 1 fully saturated rings. The average Bonchev–Trinajstić information content (AvgIpc) is 2.95. The number of anilines is 2. The lowest BCUT2D eigenvalue weighted by atomic mass is 10.2. The van der Waals surface area contributed by atoms with Gasteiger partial charge in [-0.25, -0.2) is 15.0 Å². The molecular formula is C16H20N6O. The highest BCUT2D eigenvalue weighted by Gasteiger charge is 2.29. The number of pyridine rings is 1. The van der Waals surface area contributed by atoms with Gasteiger partial charge in [0.2, 0.25) is 5.91 Å². The Kier molecular flexibility index (Phi) is 4.47. The number of nitrogens with two attached hydrogens (primary N) is 1. The van der Waals surface area contributed by atoms with E-state index in [-0.39, 0.29) is 18.5 Å². The topological polar surface area (TPSA) is 97.0 Å². The minimum Gasteiger partial charge on any atom is -0.369 e. The van der Waals surface area contributed by atoms with Crippen LogP contribution in [0.25, 0.3) is 0 Å². The predicted molar refractivity (Wildman–Crippen MR) is 87.0 cm³/mol. The summed E-state index contributed by atoms with van der Waals surface area (Å²) in [4.78, 5) is 26.7. The molecule has 3 rings (SSSR count). The molecule has 3 heterocycles. The molecule has 0 unspecified atom stereocenters. The van der Waals surface area contributed by atoms with E-state index >= 15 is 0 Å². The molecule has 120 valence electrons. The minimum absolute atomic E-state index is 0.0340. The SMILES string of the molecule is Cc1cc(Nc2ccccn2)nc([C@@H]2CCCN2CC(N)=O)n1. The molecule has 0 radical (unpaired) electrons. The normalized spacial score (nSPS) is 18.0. The molecule has 1 aliphatic heterocycles. The second kappa shape index (κ2) is 6.70. The number of rotatable bonds is 5. The van der Waals surface area contributed by atoms with Crippen LogP contribution in [0.4, 0.5) is 11.6 Å². The fraction of sp³-hybridized carbons (Fsp3) is 0.375. The van der Waals surface area contributed by atoms with E-state index in [1.54, 1.807) is 6.20 Å². The summed E-state index contributed by atoms with van der Waals surface area (Å²) in [6.07, 6.45) is 3.67. The van der Waals surface area contributed by atoms with Gasteiger partial charge in [0.15, 0.2) is 0 Å². The zero-order chi connectivity index (χ0) is 16.2. The molecule has 7 heteroatoms. The highest BCUT2D eigenvalue weighted by molar-refractivity contribution is 5.76. The Bertz CT molecular complexity index is 690. The fourth-order valence-corrected chi connectivity index (χ4v) is 2.88. The zero-order valence-electron chi connectivity index (χ0n) is 13.1. The van der Waals surface area contributed by atoms with E-state index in [9.17, 15) is 4.79 Å². The van der Waals surface area contributed by atoms with Crippen molar-refractivity contribution in [1.82, 2.24) is 19.9 Å². The van der Waals surface area contributed by atoms with Crippen LogP contribution in [0.1, 0.15) is 30.4 Å². The molecule has 0 saturated carbocycles. The van der Waals surface area contributed by atoms with Crippen LogP contribution in [0.5, 0.6) is 0 Å². The number of nitrogens with one attached hydrogen (secondary N) is 1. The summed E-state index contributed by atoms with van der Waals surface area (Å²) < 4.78 is 0. The van der Waals surface area contributed by atoms with Crippen LogP contribution in [0.3, 0.4) is 0 Å². The molecule has 1 amide bonds. The Morgan fingerprint density at radius 1 is 1.39 bits per heavy atom. The average molecular weight is 312 g/mol. The minimum atomic E-state index is -0.323. The summed E-state index contributed by atoms with van der Waals surface area (Å²) >= 11 is 0. The van der Waals surface area contributed by atoms with Crippen molar-refractivity contribution in [2.75, 3.05) is 18.4 Å². The Labute approximate surface area is 135 Å². The van der Waals surface area contributed by atoms with E-state index in [1.165, 1.54) is 0 Å². The third-order valence-corrected chi connectivity index (χ3v) is 3.81. The van der Waals surface area contributed by atoms with Gasteiger partial charge >= 0.3 is 0 Å². The summed E-state index contributed by atoms with van der Waals surface area (Å²) in [7, 11) is 0. The van der Waals surface area contributed by atoms with E-state index in [0.717, 1.165) is 36.7 Å². The van der Waals surface area contributed by atoms with Gasteiger partial charge in [-0.15, -0.1) is 0 Å². The molecule has 0 aliphatic carbocycles. The highest BCUT2D eigenvalue weighted by atomic mass is 16.1. The second-order valence-electron chi connectivity index (χ2n) is 5.69. The number of amides is 1. The Morgan fingerprint density at radius 3 is 3.00 bits per heavy atom. The second-order valence-corrected chi connectivity index (χ2v) is 5.69. The quantitative estimate of drug-likeness (QED) is 0.869. The first-order chi connectivity index (χ1) is 11.1. The molecule has 23 heavy (non-hydrogen) atoms. The van der Waals surface area contributed by atoms with Gasteiger partial charge in [-0.3, -0.25) is 9.69 Å². The van der Waals surface area contributed by atoms with Crippen LogP contribution in [0.2, 0.25) is 0 Å². The Balaban J connectivity index is 1.84. The maximum Gasteiger partial charge on any atom is 0.231 e. The first-order valence-electron chi connectivity index (χ1n) is 7.68. The molecule has 7 nitrogen and oxygen atoms in total. The van der Waals surface area contributed by atoms with Crippen molar-refractivity contribution in [1.29, 1.82) is 0 Å². The van der Waals surface area contributed by atoms with Crippen molar-refractivity contribution in [3.8, 4) is 0 Å². The first-order valence-corrected chi connectivity index (χ1v) is 7.68. The number of likely N-dealkylation sites (tertiary alicyclic amines) is 1. The Hall–Kier alpha value is -2.54. The lowest BCUT2D eigenvalue weighted by molar-refractivity contribution is -0.119. The van der Waals surface area contributed by atoms with Crippen LogP contribution in [-0.4, -0.2) is 38.8 Å².